The predicted octanol–water partition coefficient (Wildman–Crippen LogP) is -0.852. The van der Waals surface area contributed by atoms with E-state index < -0.39 is 30.8 Å². The number of pyridine rings is 1. The van der Waals surface area contributed by atoms with Gasteiger partial charge in [0.15, 0.2) is 0 Å². The maximum atomic E-state index is 12.0. The van der Waals surface area contributed by atoms with Crippen molar-refractivity contribution in [3.63, 3.8) is 0 Å². The summed E-state index contributed by atoms with van der Waals surface area (Å²) in [4.78, 5) is 38.3. The van der Waals surface area contributed by atoms with Crippen LogP contribution in [0.4, 0.5) is 0 Å². The molecule has 0 aromatic carbocycles. The molecule has 1 aromatic heterocycles. The number of aromatic nitrogens is 1. The second-order valence-electron chi connectivity index (χ2n) is 3.44. The first-order valence-corrected chi connectivity index (χ1v) is 5.26. The fourth-order valence-corrected chi connectivity index (χ4v) is 1.43. The van der Waals surface area contributed by atoms with Crippen molar-refractivity contribution in [1.82, 2.24) is 9.88 Å². The van der Waals surface area contributed by atoms with Crippen molar-refractivity contribution in [3.8, 4) is 0 Å². The van der Waals surface area contributed by atoms with Gasteiger partial charge in [-0.1, -0.05) is 17.7 Å². The van der Waals surface area contributed by atoms with Gasteiger partial charge in [-0.25, -0.2) is 4.98 Å². The van der Waals surface area contributed by atoms with E-state index in [1.165, 1.54) is 18.2 Å². The van der Waals surface area contributed by atoms with Crippen molar-refractivity contribution < 1.29 is 14.4 Å². The van der Waals surface area contributed by atoms with Crippen LogP contribution in [-0.2, 0) is 9.59 Å². The normalized spacial score (nSPS) is 9.83. The molecular formula is C10H11ClN4O3. The van der Waals surface area contributed by atoms with E-state index in [0.29, 0.717) is 0 Å². The highest BCUT2D eigenvalue weighted by Crippen LogP contribution is 2.07. The van der Waals surface area contributed by atoms with Crippen molar-refractivity contribution in [2.24, 2.45) is 11.5 Å². The molecule has 3 amide bonds. The number of primary amides is 2. The van der Waals surface area contributed by atoms with E-state index in [-0.39, 0.29) is 10.8 Å². The van der Waals surface area contributed by atoms with Gasteiger partial charge in [-0.2, -0.15) is 0 Å². The van der Waals surface area contributed by atoms with E-state index in [2.05, 4.69) is 4.98 Å². The molecule has 0 aliphatic carbocycles. The largest absolute Gasteiger partial charge is 0.368 e. The van der Waals surface area contributed by atoms with E-state index in [0.717, 1.165) is 4.90 Å². The predicted molar refractivity (Wildman–Crippen MR) is 63.5 cm³/mol. The molecular weight excluding hydrogens is 260 g/mol. The van der Waals surface area contributed by atoms with Gasteiger partial charge in [-0.3, -0.25) is 14.4 Å². The maximum absolute atomic E-state index is 12.0. The number of nitrogens with two attached hydrogens (primary N) is 2. The highest BCUT2D eigenvalue weighted by molar-refractivity contribution is 6.29. The van der Waals surface area contributed by atoms with Crippen LogP contribution in [-0.4, -0.2) is 40.7 Å². The molecule has 1 heterocycles. The molecule has 0 aliphatic rings. The third-order valence-electron chi connectivity index (χ3n) is 1.91. The number of carbonyl (C=O) groups excluding carboxylic acids is 3. The number of nitrogens with zero attached hydrogens (tertiary/aromatic N) is 2. The van der Waals surface area contributed by atoms with Gasteiger partial charge >= 0.3 is 0 Å². The Morgan fingerprint density at radius 3 is 2.17 bits per heavy atom. The number of carbonyl (C=O) groups is 3. The molecule has 0 unspecified atom stereocenters. The number of hydrogen-bond donors (Lipinski definition) is 2. The highest BCUT2D eigenvalue weighted by atomic mass is 35.5. The van der Waals surface area contributed by atoms with Crippen molar-refractivity contribution >= 4 is 29.3 Å². The molecule has 4 N–H and O–H groups in total. The summed E-state index contributed by atoms with van der Waals surface area (Å²) in [6.45, 7) is -0.841. The Kier molecular flexibility index (Phi) is 4.61. The van der Waals surface area contributed by atoms with Crippen molar-refractivity contribution in [2.75, 3.05) is 13.1 Å². The minimum atomic E-state index is -0.758. The standard InChI is InChI=1S/C10H11ClN4O3/c11-7-3-1-2-6(14-7)10(18)15(4-8(12)16)5-9(13)17/h1-3H,4-5H2,(H2,12,16)(H2,13,17). The summed E-state index contributed by atoms with van der Waals surface area (Å²) < 4.78 is 0. The first-order chi connectivity index (χ1) is 8.40. The molecule has 0 saturated heterocycles. The van der Waals surface area contributed by atoms with E-state index in [9.17, 15) is 14.4 Å². The summed E-state index contributed by atoms with van der Waals surface area (Å²) in [6.07, 6.45) is 0. The fraction of sp³-hybridized carbons (Fsp3) is 0.200. The van der Waals surface area contributed by atoms with Crippen LogP contribution in [0.1, 0.15) is 10.5 Å². The van der Waals surface area contributed by atoms with Gasteiger partial charge in [0.05, 0.1) is 0 Å². The zero-order valence-corrected chi connectivity index (χ0v) is 10.1. The summed E-state index contributed by atoms with van der Waals surface area (Å²) in [6, 6.07) is 4.42. The first kappa shape index (κ1) is 13.9. The summed E-state index contributed by atoms with van der Waals surface area (Å²) in [7, 11) is 0. The molecule has 0 bridgehead atoms. The molecule has 0 radical (unpaired) electrons. The molecule has 7 nitrogen and oxygen atoms in total. The highest BCUT2D eigenvalue weighted by Gasteiger charge is 2.20. The number of amides is 3. The first-order valence-electron chi connectivity index (χ1n) is 4.88. The Balaban J connectivity index is 2.94. The summed E-state index contributed by atoms with van der Waals surface area (Å²) in [5.41, 5.74) is 9.97. The van der Waals surface area contributed by atoms with Crippen LogP contribution in [0, 0.1) is 0 Å². The Morgan fingerprint density at radius 2 is 1.72 bits per heavy atom. The molecule has 1 rings (SSSR count). The lowest BCUT2D eigenvalue weighted by Gasteiger charge is -2.18. The van der Waals surface area contributed by atoms with Gasteiger partial charge in [0.1, 0.15) is 23.9 Å². The minimum absolute atomic E-state index is 0.00463. The van der Waals surface area contributed by atoms with Crippen molar-refractivity contribution in [2.45, 2.75) is 0 Å². The zero-order valence-electron chi connectivity index (χ0n) is 9.30. The third kappa shape index (κ3) is 4.02. The smallest absolute Gasteiger partial charge is 0.273 e. The summed E-state index contributed by atoms with van der Waals surface area (Å²) >= 11 is 5.64. The lowest BCUT2D eigenvalue weighted by atomic mass is 10.3. The summed E-state index contributed by atoms with van der Waals surface area (Å²) in [5, 5.41) is 0.124. The van der Waals surface area contributed by atoms with E-state index in [1.807, 2.05) is 0 Å². The monoisotopic (exact) mass is 270 g/mol. The van der Waals surface area contributed by atoms with Crippen LogP contribution in [0.25, 0.3) is 0 Å². The minimum Gasteiger partial charge on any atom is -0.368 e. The Labute approximate surface area is 108 Å². The lowest BCUT2D eigenvalue weighted by Crippen LogP contribution is -2.43. The van der Waals surface area contributed by atoms with Crippen LogP contribution in [0.5, 0.6) is 0 Å². The van der Waals surface area contributed by atoms with Gasteiger partial charge in [0.2, 0.25) is 11.8 Å². The van der Waals surface area contributed by atoms with Crippen LogP contribution >= 0.6 is 11.6 Å². The Morgan fingerprint density at radius 1 is 1.17 bits per heavy atom. The third-order valence-corrected chi connectivity index (χ3v) is 2.13. The zero-order chi connectivity index (χ0) is 13.7. The van der Waals surface area contributed by atoms with E-state index in [4.69, 9.17) is 23.1 Å². The van der Waals surface area contributed by atoms with E-state index in [1.54, 1.807) is 0 Å². The van der Waals surface area contributed by atoms with Crippen molar-refractivity contribution in [1.29, 1.82) is 0 Å². The van der Waals surface area contributed by atoms with Crippen LogP contribution in [0.15, 0.2) is 18.2 Å². The molecule has 8 heteroatoms. The molecule has 18 heavy (non-hydrogen) atoms. The quantitative estimate of drug-likeness (QED) is 0.677. The maximum Gasteiger partial charge on any atom is 0.273 e. The van der Waals surface area contributed by atoms with Crippen LogP contribution in [0.2, 0.25) is 5.15 Å². The molecule has 0 aliphatic heterocycles. The molecule has 1 aromatic rings. The van der Waals surface area contributed by atoms with Gasteiger partial charge in [0.25, 0.3) is 5.91 Å². The fourth-order valence-electron chi connectivity index (χ4n) is 1.27. The second kappa shape index (κ2) is 5.97. The summed E-state index contributed by atoms with van der Waals surface area (Å²) in [5.74, 6) is -2.16. The average molecular weight is 271 g/mol. The molecule has 0 fully saturated rings. The van der Waals surface area contributed by atoms with Gasteiger partial charge < -0.3 is 16.4 Å². The lowest BCUT2D eigenvalue weighted by molar-refractivity contribution is -0.121. The molecule has 0 atom stereocenters. The molecule has 0 saturated carbocycles. The number of halogens is 1. The van der Waals surface area contributed by atoms with Gasteiger partial charge in [-0.05, 0) is 12.1 Å². The second-order valence-corrected chi connectivity index (χ2v) is 3.83. The Bertz CT molecular complexity index is 476. The van der Waals surface area contributed by atoms with Crippen LogP contribution in [0.3, 0.4) is 0 Å². The molecule has 96 valence electrons. The Hall–Kier alpha value is -2.15. The van der Waals surface area contributed by atoms with Crippen LogP contribution < -0.4 is 11.5 Å². The SMILES string of the molecule is NC(=O)CN(CC(N)=O)C(=O)c1cccc(Cl)n1. The average Bonchev–Trinajstić information content (AvgIpc) is 2.26. The van der Waals surface area contributed by atoms with Gasteiger partial charge in [-0.15, -0.1) is 0 Å². The van der Waals surface area contributed by atoms with Crippen molar-refractivity contribution in [3.05, 3.63) is 29.0 Å². The van der Waals surface area contributed by atoms with E-state index >= 15 is 0 Å². The topological polar surface area (TPSA) is 119 Å². The van der Waals surface area contributed by atoms with Gasteiger partial charge in [0, 0.05) is 0 Å². The number of hydrogen-bond acceptors (Lipinski definition) is 4. The number of rotatable bonds is 5. The molecule has 0 spiro atoms.